The van der Waals surface area contributed by atoms with Gasteiger partial charge in [0.15, 0.2) is 0 Å². The highest BCUT2D eigenvalue weighted by Crippen LogP contribution is 2.33. The van der Waals surface area contributed by atoms with E-state index in [9.17, 15) is 0 Å². The minimum atomic E-state index is 0.167. The van der Waals surface area contributed by atoms with Gasteiger partial charge in [0.25, 0.3) is 0 Å². The standard InChI is InChI=1S/C18H19ClN2O/c1-21(2)18(12-4-7-14(22-3)8-5-12)16-11-20-17-10-13(19)6-9-15(16)17/h4-11,18,20H,1-3H3. The number of nitrogens with zero attached hydrogens (tertiary/aromatic N) is 1. The van der Waals surface area contributed by atoms with Crippen molar-refractivity contribution in [2.75, 3.05) is 21.2 Å². The van der Waals surface area contributed by atoms with Gasteiger partial charge in [-0.1, -0.05) is 29.8 Å². The van der Waals surface area contributed by atoms with Gasteiger partial charge in [-0.3, -0.25) is 4.90 Å². The third-order valence-electron chi connectivity index (χ3n) is 3.92. The Bertz CT molecular complexity index is 777. The Morgan fingerprint density at radius 1 is 1.09 bits per heavy atom. The largest absolute Gasteiger partial charge is 0.497 e. The van der Waals surface area contributed by atoms with E-state index in [1.807, 2.05) is 24.3 Å². The van der Waals surface area contributed by atoms with Gasteiger partial charge in [0.2, 0.25) is 0 Å². The van der Waals surface area contributed by atoms with Crippen LogP contribution in [0.1, 0.15) is 17.2 Å². The van der Waals surface area contributed by atoms with Crippen molar-refractivity contribution >= 4 is 22.5 Å². The maximum absolute atomic E-state index is 6.08. The summed E-state index contributed by atoms with van der Waals surface area (Å²) in [6.45, 7) is 0. The van der Waals surface area contributed by atoms with Crippen molar-refractivity contribution in [1.82, 2.24) is 9.88 Å². The Balaban J connectivity index is 2.09. The Kier molecular flexibility index (Phi) is 4.10. The Hall–Kier alpha value is -1.97. The summed E-state index contributed by atoms with van der Waals surface area (Å²) < 4.78 is 5.25. The SMILES string of the molecule is COc1ccc(C(c2c[nH]c3cc(Cl)ccc23)N(C)C)cc1. The number of benzene rings is 2. The van der Waals surface area contributed by atoms with Gasteiger partial charge < -0.3 is 9.72 Å². The fraction of sp³-hybridized carbons (Fsp3) is 0.222. The lowest BCUT2D eigenvalue weighted by Crippen LogP contribution is -2.20. The van der Waals surface area contributed by atoms with Crippen LogP contribution in [0.4, 0.5) is 0 Å². The first-order valence-corrected chi connectivity index (χ1v) is 7.55. The number of rotatable bonds is 4. The van der Waals surface area contributed by atoms with Gasteiger partial charge >= 0.3 is 0 Å². The van der Waals surface area contributed by atoms with E-state index in [2.05, 4.69) is 48.4 Å². The minimum Gasteiger partial charge on any atom is -0.497 e. The van der Waals surface area contributed by atoms with Crippen LogP contribution in [0.15, 0.2) is 48.7 Å². The van der Waals surface area contributed by atoms with E-state index in [4.69, 9.17) is 16.3 Å². The van der Waals surface area contributed by atoms with Gasteiger partial charge in [0.1, 0.15) is 5.75 Å². The number of aromatic amines is 1. The molecule has 3 aromatic rings. The Morgan fingerprint density at radius 3 is 2.45 bits per heavy atom. The molecule has 0 saturated carbocycles. The summed E-state index contributed by atoms with van der Waals surface area (Å²) >= 11 is 6.08. The van der Waals surface area contributed by atoms with E-state index in [1.54, 1.807) is 7.11 Å². The fourth-order valence-electron chi connectivity index (χ4n) is 2.89. The first-order valence-electron chi connectivity index (χ1n) is 7.17. The van der Waals surface area contributed by atoms with Gasteiger partial charge in [0, 0.05) is 22.1 Å². The second-order valence-corrected chi connectivity index (χ2v) is 6.01. The zero-order chi connectivity index (χ0) is 15.7. The summed E-state index contributed by atoms with van der Waals surface area (Å²) in [5.41, 5.74) is 3.52. The fourth-order valence-corrected chi connectivity index (χ4v) is 3.06. The molecule has 0 aliphatic rings. The van der Waals surface area contributed by atoms with Crippen molar-refractivity contribution in [3.63, 3.8) is 0 Å². The second kappa shape index (κ2) is 6.03. The number of fused-ring (bicyclic) bond motifs is 1. The van der Waals surface area contributed by atoms with Crippen molar-refractivity contribution in [2.45, 2.75) is 6.04 Å². The van der Waals surface area contributed by atoms with E-state index in [0.717, 1.165) is 16.3 Å². The number of H-pyrrole nitrogens is 1. The molecular weight excluding hydrogens is 296 g/mol. The second-order valence-electron chi connectivity index (χ2n) is 5.57. The van der Waals surface area contributed by atoms with E-state index >= 15 is 0 Å². The van der Waals surface area contributed by atoms with Gasteiger partial charge in [-0.05, 0) is 49.5 Å². The van der Waals surface area contributed by atoms with Crippen molar-refractivity contribution in [3.05, 3.63) is 64.8 Å². The van der Waals surface area contributed by atoms with Gasteiger partial charge in [-0.15, -0.1) is 0 Å². The lowest BCUT2D eigenvalue weighted by Gasteiger charge is -2.25. The molecule has 114 valence electrons. The summed E-state index contributed by atoms with van der Waals surface area (Å²) in [5.74, 6) is 0.868. The summed E-state index contributed by atoms with van der Waals surface area (Å²) in [6, 6.07) is 14.3. The van der Waals surface area contributed by atoms with Crippen molar-refractivity contribution in [3.8, 4) is 5.75 Å². The quantitative estimate of drug-likeness (QED) is 0.769. The molecule has 0 amide bonds. The lowest BCUT2D eigenvalue weighted by atomic mass is 9.97. The van der Waals surface area contributed by atoms with E-state index in [0.29, 0.717) is 0 Å². The number of methoxy groups -OCH3 is 1. The molecule has 22 heavy (non-hydrogen) atoms. The molecule has 3 rings (SSSR count). The number of ether oxygens (including phenoxy) is 1. The van der Waals surface area contributed by atoms with Crippen molar-refractivity contribution in [1.29, 1.82) is 0 Å². The number of hydrogen-bond donors (Lipinski definition) is 1. The maximum atomic E-state index is 6.08. The molecule has 2 aromatic carbocycles. The van der Waals surface area contributed by atoms with Crippen LogP contribution < -0.4 is 4.74 Å². The molecule has 0 aliphatic carbocycles. The van der Waals surface area contributed by atoms with Crippen LogP contribution in [-0.2, 0) is 0 Å². The maximum Gasteiger partial charge on any atom is 0.118 e. The monoisotopic (exact) mass is 314 g/mol. The molecule has 1 N–H and O–H groups in total. The molecule has 0 saturated heterocycles. The highest BCUT2D eigenvalue weighted by Gasteiger charge is 2.20. The number of nitrogens with one attached hydrogen (secondary N) is 1. The van der Waals surface area contributed by atoms with Crippen LogP contribution in [0.5, 0.6) is 5.75 Å². The van der Waals surface area contributed by atoms with Crippen LogP contribution in [0.25, 0.3) is 10.9 Å². The molecule has 0 fully saturated rings. The van der Waals surface area contributed by atoms with Crippen molar-refractivity contribution in [2.24, 2.45) is 0 Å². The number of aromatic nitrogens is 1. The van der Waals surface area contributed by atoms with E-state index < -0.39 is 0 Å². The van der Waals surface area contributed by atoms with Crippen LogP contribution in [0, 0.1) is 0 Å². The molecule has 4 heteroatoms. The van der Waals surface area contributed by atoms with Crippen molar-refractivity contribution < 1.29 is 4.74 Å². The average molecular weight is 315 g/mol. The summed E-state index contributed by atoms with van der Waals surface area (Å²) in [5, 5.41) is 1.94. The first kappa shape index (κ1) is 14.9. The number of halogens is 1. The van der Waals surface area contributed by atoms with E-state index in [-0.39, 0.29) is 6.04 Å². The summed E-state index contributed by atoms with van der Waals surface area (Å²) in [7, 11) is 5.86. The van der Waals surface area contributed by atoms with Crippen LogP contribution in [-0.4, -0.2) is 31.1 Å². The van der Waals surface area contributed by atoms with Gasteiger partial charge in [-0.25, -0.2) is 0 Å². The zero-order valence-electron chi connectivity index (χ0n) is 12.9. The average Bonchev–Trinajstić information content (AvgIpc) is 2.90. The Labute approximate surface area is 135 Å². The smallest absolute Gasteiger partial charge is 0.118 e. The molecule has 0 bridgehead atoms. The van der Waals surface area contributed by atoms with Crippen LogP contribution in [0.2, 0.25) is 5.02 Å². The predicted molar refractivity (Wildman–Crippen MR) is 91.8 cm³/mol. The molecule has 0 aliphatic heterocycles. The normalized spacial score (nSPS) is 12.8. The molecule has 1 atom stereocenters. The molecular formula is C18H19ClN2O. The highest BCUT2D eigenvalue weighted by molar-refractivity contribution is 6.31. The lowest BCUT2D eigenvalue weighted by molar-refractivity contribution is 0.343. The third kappa shape index (κ3) is 2.70. The first-order chi connectivity index (χ1) is 10.6. The third-order valence-corrected chi connectivity index (χ3v) is 4.15. The molecule has 3 nitrogen and oxygen atoms in total. The molecule has 0 radical (unpaired) electrons. The minimum absolute atomic E-state index is 0.167. The topological polar surface area (TPSA) is 28.3 Å². The summed E-state index contributed by atoms with van der Waals surface area (Å²) in [6.07, 6.45) is 2.07. The van der Waals surface area contributed by atoms with Crippen LogP contribution >= 0.6 is 11.6 Å². The zero-order valence-corrected chi connectivity index (χ0v) is 13.7. The molecule has 1 aromatic heterocycles. The molecule has 0 spiro atoms. The molecule has 1 unspecified atom stereocenters. The van der Waals surface area contributed by atoms with Crippen LogP contribution in [0.3, 0.4) is 0 Å². The number of hydrogen-bond acceptors (Lipinski definition) is 2. The van der Waals surface area contributed by atoms with E-state index in [1.165, 1.54) is 16.5 Å². The Morgan fingerprint density at radius 2 is 1.82 bits per heavy atom. The molecule has 1 heterocycles. The van der Waals surface area contributed by atoms with Gasteiger partial charge in [-0.2, -0.15) is 0 Å². The summed E-state index contributed by atoms with van der Waals surface area (Å²) in [4.78, 5) is 5.53. The highest BCUT2D eigenvalue weighted by atomic mass is 35.5. The predicted octanol–water partition coefficient (Wildman–Crippen LogP) is 4.48. The van der Waals surface area contributed by atoms with Gasteiger partial charge in [0.05, 0.1) is 13.2 Å².